The number of rotatable bonds is 3. The minimum atomic E-state index is -0.896. The molecule has 0 aromatic heterocycles. The predicted octanol–water partition coefficient (Wildman–Crippen LogP) is 2.07. The van der Waals surface area contributed by atoms with Gasteiger partial charge in [0.2, 0.25) is 0 Å². The molecule has 3 rings (SSSR count). The maximum Gasteiger partial charge on any atom is 0.183 e. The number of methoxy groups -OCH3 is 2. The molecule has 0 spiro atoms. The molecule has 0 heterocycles. The van der Waals surface area contributed by atoms with E-state index in [1.807, 2.05) is 36.4 Å². The Morgan fingerprint density at radius 3 is 2.33 bits per heavy atom. The second-order valence-electron chi connectivity index (χ2n) is 5.09. The zero-order valence-electron chi connectivity index (χ0n) is 10.7. The molecule has 1 aromatic carbocycles. The lowest BCUT2D eigenvalue weighted by Crippen LogP contribution is -2.44. The van der Waals surface area contributed by atoms with Gasteiger partial charge in [-0.1, -0.05) is 42.5 Å². The lowest BCUT2D eigenvalue weighted by atomic mass is 9.81. The number of aliphatic hydroxyl groups is 1. The summed E-state index contributed by atoms with van der Waals surface area (Å²) in [4.78, 5) is 0. The molecule has 96 valence electrons. The topological polar surface area (TPSA) is 38.7 Å². The predicted molar refractivity (Wildman–Crippen MR) is 67.8 cm³/mol. The third-order valence-corrected chi connectivity index (χ3v) is 4.44. The summed E-state index contributed by atoms with van der Waals surface area (Å²) in [6, 6.07) is 9.78. The van der Waals surface area contributed by atoms with Crippen LogP contribution in [0.3, 0.4) is 0 Å². The van der Waals surface area contributed by atoms with Crippen molar-refractivity contribution in [2.75, 3.05) is 14.2 Å². The van der Waals surface area contributed by atoms with Gasteiger partial charge in [0.1, 0.15) is 5.60 Å². The zero-order chi connectivity index (χ0) is 12.8. The van der Waals surface area contributed by atoms with Gasteiger partial charge in [0.15, 0.2) is 5.79 Å². The molecule has 3 atom stereocenters. The molecule has 0 radical (unpaired) electrons. The highest BCUT2D eigenvalue weighted by molar-refractivity contribution is 5.34. The van der Waals surface area contributed by atoms with Crippen LogP contribution in [0.2, 0.25) is 0 Å². The summed E-state index contributed by atoms with van der Waals surface area (Å²) in [6.07, 6.45) is 4.75. The fourth-order valence-electron chi connectivity index (χ4n) is 3.57. The summed E-state index contributed by atoms with van der Waals surface area (Å²) in [6.45, 7) is 0. The molecule has 3 heteroatoms. The van der Waals surface area contributed by atoms with E-state index in [1.54, 1.807) is 14.2 Å². The van der Waals surface area contributed by atoms with Crippen LogP contribution in [0.5, 0.6) is 0 Å². The fourth-order valence-corrected chi connectivity index (χ4v) is 3.57. The minimum Gasteiger partial charge on any atom is -0.384 e. The SMILES string of the molecule is COC1(OC)[C@@H]2C=C[C@H]1[C@@](O)(c1ccccc1)C2. The molecule has 0 unspecified atom stereocenters. The van der Waals surface area contributed by atoms with Crippen molar-refractivity contribution in [1.82, 2.24) is 0 Å². The van der Waals surface area contributed by atoms with Gasteiger partial charge < -0.3 is 14.6 Å². The van der Waals surface area contributed by atoms with E-state index in [0.717, 1.165) is 5.56 Å². The second kappa shape index (κ2) is 3.92. The van der Waals surface area contributed by atoms with E-state index in [4.69, 9.17) is 9.47 Å². The first-order valence-electron chi connectivity index (χ1n) is 6.24. The van der Waals surface area contributed by atoms with Crippen molar-refractivity contribution >= 4 is 0 Å². The molecule has 1 saturated carbocycles. The molecule has 1 fully saturated rings. The van der Waals surface area contributed by atoms with E-state index < -0.39 is 11.4 Å². The van der Waals surface area contributed by atoms with Gasteiger partial charge >= 0.3 is 0 Å². The molecule has 0 amide bonds. The summed E-state index contributed by atoms with van der Waals surface area (Å²) < 4.78 is 11.2. The van der Waals surface area contributed by atoms with Crippen LogP contribution in [0.1, 0.15) is 12.0 Å². The van der Waals surface area contributed by atoms with Crippen molar-refractivity contribution < 1.29 is 14.6 Å². The Bertz CT molecular complexity index is 464. The van der Waals surface area contributed by atoms with E-state index in [-0.39, 0.29) is 11.8 Å². The molecule has 18 heavy (non-hydrogen) atoms. The molecule has 0 aliphatic heterocycles. The van der Waals surface area contributed by atoms with Gasteiger partial charge in [-0.05, 0) is 12.0 Å². The number of hydrogen-bond donors (Lipinski definition) is 1. The summed E-state index contributed by atoms with van der Waals surface area (Å²) >= 11 is 0. The normalized spacial score (nSPS) is 36.2. The molecule has 1 N–H and O–H groups in total. The van der Waals surface area contributed by atoms with E-state index >= 15 is 0 Å². The lowest BCUT2D eigenvalue weighted by molar-refractivity contribution is -0.241. The average molecular weight is 246 g/mol. The molecule has 3 nitrogen and oxygen atoms in total. The van der Waals surface area contributed by atoms with Crippen molar-refractivity contribution in [2.45, 2.75) is 17.8 Å². The van der Waals surface area contributed by atoms with E-state index in [1.165, 1.54) is 0 Å². The highest BCUT2D eigenvalue weighted by Crippen LogP contribution is 2.59. The van der Waals surface area contributed by atoms with Gasteiger partial charge in [-0.2, -0.15) is 0 Å². The van der Waals surface area contributed by atoms with Gasteiger partial charge in [-0.15, -0.1) is 0 Å². The summed E-state index contributed by atoms with van der Waals surface area (Å²) in [5.74, 6) is -0.778. The molecule has 2 bridgehead atoms. The van der Waals surface area contributed by atoms with Gasteiger partial charge in [-0.25, -0.2) is 0 Å². The molecule has 1 aromatic rings. The van der Waals surface area contributed by atoms with Crippen molar-refractivity contribution in [1.29, 1.82) is 0 Å². The summed E-state index contributed by atoms with van der Waals surface area (Å²) in [7, 11) is 3.29. The first-order valence-corrected chi connectivity index (χ1v) is 6.24. The maximum atomic E-state index is 11.0. The number of benzene rings is 1. The number of hydrogen-bond acceptors (Lipinski definition) is 3. The molecule has 2 aliphatic carbocycles. The highest BCUT2D eigenvalue weighted by Gasteiger charge is 2.64. The maximum absolute atomic E-state index is 11.0. The first kappa shape index (κ1) is 11.9. The molecule has 0 saturated heterocycles. The Balaban J connectivity index is 2.05. The van der Waals surface area contributed by atoms with Crippen molar-refractivity contribution in [3.05, 3.63) is 48.0 Å². The monoisotopic (exact) mass is 246 g/mol. The lowest BCUT2D eigenvalue weighted by Gasteiger charge is -2.35. The number of ether oxygens (including phenoxy) is 2. The minimum absolute atomic E-state index is 0.0997. The standard InChI is InChI=1S/C15H18O3/c1-17-15(18-2)12-8-9-13(15)14(16,10-12)11-6-4-3-5-7-11/h3-9,12-13,16H,10H2,1-2H3/t12-,13+,14+/m1/s1. The van der Waals surface area contributed by atoms with Crippen LogP contribution in [0.25, 0.3) is 0 Å². The van der Waals surface area contributed by atoms with Crippen molar-refractivity contribution in [3.8, 4) is 0 Å². The number of fused-ring (bicyclic) bond motifs is 2. The third-order valence-electron chi connectivity index (χ3n) is 4.44. The Morgan fingerprint density at radius 1 is 1.11 bits per heavy atom. The van der Waals surface area contributed by atoms with Gasteiger partial charge in [0.05, 0.1) is 5.92 Å². The van der Waals surface area contributed by atoms with Crippen LogP contribution >= 0.6 is 0 Å². The Hall–Kier alpha value is -1.16. The Labute approximate surface area is 107 Å². The second-order valence-corrected chi connectivity index (χ2v) is 5.09. The van der Waals surface area contributed by atoms with Crippen LogP contribution in [0, 0.1) is 11.8 Å². The highest BCUT2D eigenvalue weighted by atomic mass is 16.7. The van der Waals surface area contributed by atoms with E-state index in [0.29, 0.717) is 6.42 Å². The van der Waals surface area contributed by atoms with Crippen LogP contribution in [0.15, 0.2) is 42.5 Å². The molecule has 2 aliphatic rings. The van der Waals surface area contributed by atoms with Gasteiger partial charge in [0.25, 0.3) is 0 Å². The smallest absolute Gasteiger partial charge is 0.183 e. The van der Waals surface area contributed by atoms with Crippen LogP contribution in [-0.4, -0.2) is 25.1 Å². The molecular weight excluding hydrogens is 228 g/mol. The zero-order valence-corrected chi connectivity index (χ0v) is 10.7. The van der Waals surface area contributed by atoms with Gasteiger partial charge in [-0.3, -0.25) is 0 Å². The Morgan fingerprint density at radius 2 is 1.78 bits per heavy atom. The van der Waals surface area contributed by atoms with Crippen LogP contribution in [-0.2, 0) is 15.1 Å². The average Bonchev–Trinajstić information content (AvgIpc) is 2.90. The molecular formula is C15H18O3. The van der Waals surface area contributed by atoms with Gasteiger partial charge in [0, 0.05) is 20.1 Å². The fraction of sp³-hybridized carbons (Fsp3) is 0.467. The van der Waals surface area contributed by atoms with E-state index in [9.17, 15) is 5.11 Å². The Kier molecular flexibility index (Phi) is 2.59. The largest absolute Gasteiger partial charge is 0.384 e. The van der Waals surface area contributed by atoms with Crippen LogP contribution < -0.4 is 0 Å². The van der Waals surface area contributed by atoms with E-state index in [2.05, 4.69) is 6.08 Å². The van der Waals surface area contributed by atoms with Crippen LogP contribution in [0.4, 0.5) is 0 Å². The first-order chi connectivity index (χ1) is 8.67. The third kappa shape index (κ3) is 1.30. The summed E-state index contributed by atoms with van der Waals surface area (Å²) in [5, 5.41) is 11.0. The summed E-state index contributed by atoms with van der Waals surface area (Å²) in [5.41, 5.74) is 0.0347. The van der Waals surface area contributed by atoms with Crippen molar-refractivity contribution in [2.24, 2.45) is 11.8 Å². The quantitative estimate of drug-likeness (QED) is 0.655. The van der Waals surface area contributed by atoms with Crippen molar-refractivity contribution in [3.63, 3.8) is 0 Å².